The standard InChI is InChI=1S/C11H18N2O2/c1-9(13-4-6-14-7-5-13)11-3-2-10(8-12)15-11/h2-3,9H,4-8,12H2,1H3. The highest BCUT2D eigenvalue weighted by atomic mass is 16.5. The van der Waals surface area contributed by atoms with Gasteiger partial charge in [0.05, 0.1) is 25.8 Å². The van der Waals surface area contributed by atoms with Crippen molar-refractivity contribution < 1.29 is 9.15 Å². The number of nitrogens with zero attached hydrogens (tertiary/aromatic N) is 1. The molecule has 2 N–H and O–H groups in total. The highest BCUT2D eigenvalue weighted by Gasteiger charge is 2.20. The van der Waals surface area contributed by atoms with Crippen LogP contribution < -0.4 is 5.73 Å². The van der Waals surface area contributed by atoms with E-state index in [1.165, 1.54) is 0 Å². The first-order valence-electron chi connectivity index (χ1n) is 5.41. The Hall–Kier alpha value is -0.840. The zero-order valence-electron chi connectivity index (χ0n) is 9.11. The normalized spacial score (nSPS) is 20.4. The molecule has 1 aromatic rings. The van der Waals surface area contributed by atoms with Crippen molar-refractivity contribution >= 4 is 0 Å². The minimum atomic E-state index is 0.314. The molecule has 1 fully saturated rings. The first-order chi connectivity index (χ1) is 7.31. The lowest BCUT2D eigenvalue weighted by molar-refractivity contribution is 0.0155. The maximum Gasteiger partial charge on any atom is 0.121 e. The number of ether oxygens (including phenoxy) is 1. The molecule has 1 aromatic heterocycles. The Morgan fingerprint density at radius 2 is 2.13 bits per heavy atom. The predicted molar refractivity (Wildman–Crippen MR) is 57.4 cm³/mol. The molecule has 2 rings (SSSR count). The van der Waals surface area contributed by atoms with Crippen molar-refractivity contribution in [3.05, 3.63) is 23.7 Å². The topological polar surface area (TPSA) is 51.6 Å². The molecule has 1 aliphatic heterocycles. The van der Waals surface area contributed by atoms with E-state index in [1.54, 1.807) is 0 Å². The van der Waals surface area contributed by atoms with Gasteiger partial charge >= 0.3 is 0 Å². The molecule has 2 heterocycles. The van der Waals surface area contributed by atoms with Crippen molar-refractivity contribution in [2.45, 2.75) is 19.5 Å². The van der Waals surface area contributed by atoms with Gasteiger partial charge in [-0.05, 0) is 19.1 Å². The lowest BCUT2D eigenvalue weighted by Crippen LogP contribution is -2.37. The van der Waals surface area contributed by atoms with Crippen molar-refractivity contribution in [3.63, 3.8) is 0 Å². The summed E-state index contributed by atoms with van der Waals surface area (Å²) in [6.45, 7) is 6.20. The van der Waals surface area contributed by atoms with E-state index in [4.69, 9.17) is 14.9 Å². The van der Waals surface area contributed by atoms with Crippen LogP contribution in [0.15, 0.2) is 16.5 Å². The van der Waals surface area contributed by atoms with Crippen LogP contribution in [0.1, 0.15) is 24.5 Å². The van der Waals surface area contributed by atoms with Gasteiger partial charge < -0.3 is 14.9 Å². The van der Waals surface area contributed by atoms with Crippen LogP contribution in [0.25, 0.3) is 0 Å². The Morgan fingerprint density at radius 1 is 1.40 bits per heavy atom. The third-order valence-corrected chi connectivity index (χ3v) is 2.89. The van der Waals surface area contributed by atoms with Gasteiger partial charge in [0.1, 0.15) is 11.5 Å². The molecule has 4 heteroatoms. The number of nitrogens with two attached hydrogens (primary N) is 1. The molecular weight excluding hydrogens is 192 g/mol. The number of hydrogen-bond donors (Lipinski definition) is 1. The Kier molecular flexibility index (Phi) is 3.41. The SMILES string of the molecule is CC(c1ccc(CN)o1)N1CCOCC1. The number of morpholine rings is 1. The van der Waals surface area contributed by atoms with E-state index in [1.807, 2.05) is 12.1 Å². The summed E-state index contributed by atoms with van der Waals surface area (Å²) in [5, 5.41) is 0. The molecule has 1 atom stereocenters. The third kappa shape index (κ3) is 2.40. The highest BCUT2D eigenvalue weighted by molar-refractivity contribution is 5.10. The molecule has 0 aromatic carbocycles. The van der Waals surface area contributed by atoms with Crippen molar-refractivity contribution in [1.29, 1.82) is 0 Å². The fourth-order valence-electron chi connectivity index (χ4n) is 1.87. The fourth-order valence-corrected chi connectivity index (χ4v) is 1.87. The molecule has 84 valence electrons. The van der Waals surface area contributed by atoms with Gasteiger partial charge in [0, 0.05) is 13.1 Å². The Balaban J connectivity index is 2.02. The summed E-state index contributed by atoms with van der Waals surface area (Å²) in [5.41, 5.74) is 5.51. The Morgan fingerprint density at radius 3 is 2.73 bits per heavy atom. The van der Waals surface area contributed by atoms with E-state index in [-0.39, 0.29) is 0 Å². The third-order valence-electron chi connectivity index (χ3n) is 2.89. The summed E-state index contributed by atoms with van der Waals surface area (Å²) in [7, 11) is 0. The smallest absolute Gasteiger partial charge is 0.121 e. The predicted octanol–water partition coefficient (Wildman–Crippen LogP) is 1.13. The Labute approximate surface area is 90.0 Å². The lowest BCUT2D eigenvalue weighted by Gasteiger charge is -2.31. The van der Waals surface area contributed by atoms with E-state index in [0.717, 1.165) is 37.8 Å². The van der Waals surface area contributed by atoms with Crippen LogP contribution in [-0.2, 0) is 11.3 Å². The number of hydrogen-bond acceptors (Lipinski definition) is 4. The molecule has 0 bridgehead atoms. The molecule has 4 nitrogen and oxygen atoms in total. The minimum absolute atomic E-state index is 0.314. The summed E-state index contributed by atoms with van der Waals surface area (Å²) in [6, 6.07) is 4.28. The number of rotatable bonds is 3. The molecule has 0 amide bonds. The average molecular weight is 210 g/mol. The molecule has 15 heavy (non-hydrogen) atoms. The van der Waals surface area contributed by atoms with Gasteiger partial charge in [-0.2, -0.15) is 0 Å². The molecule has 1 unspecified atom stereocenters. The molecule has 0 saturated carbocycles. The Bertz CT molecular complexity index is 305. The largest absolute Gasteiger partial charge is 0.463 e. The van der Waals surface area contributed by atoms with Gasteiger partial charge in [0.15, 0.2) is 0 Å². The first-order valence-corrected chi connectivity index (χ1v) is 5.41. The van der Waals surface area contributed by atoms with Gasteiger partial charge in [-0.25, -0.2) is 0 Å². The fraction of sp³-hybridized carbons (Fsp3) is 0.636. The van der Waals surface area contributed by atoms with Crippen LogP contribution in [0.5, 0.6) is 0 Å². The lowest BCUT2D eigenvalue weighted by atomic mass is 10.2. The summed E-state index contributed by atoms with van der Waals surface area (Å²) >= 11 is 0. The van der Waals surface area contributed by atoms with Crippen molar-refractivity contribution in [2.75, 3.05) is 26.3 Å². The van der Waals surface area contributed by atoms with Gasteiger partial charge in [0.25, 0.3) is 0 Å². The van der Waals surface area contributed by atoms with Crippen molar-refractivity contribution in [1.82, 2.24) is 4.90 Å². The van der Waals surface area contributed by atoms with Gasteiger partial charge in [0.2, 0.25) is 0 Å². The summed E-state index contributed by atoms with van der Waals surface area (Å²) < 4.78 is 11.0. The second-order valence-electron chi connectivity index (χ2n) is 3.83. The van der Waals surface area contributed by atoms with Crippen LogP contribution in [-0.4, -0.2) is 31.2 Å². The van der Waals surface area contributed by atoms with Crippen molar-refractivity contribution in [2.24, 2.45) is 5.73 Å². The van der Waals surface area contributed by atoms with Crippen LogP contribution in [0, 0.1) is 0 Å². The maximum absolute atomic E-state index is 5.64. The molecule has 0 radical (unpaired) electrons. The zero-order chi connectivity index (χ0) is 10.7. The van der Waals surface area contributed by atoms with Crippen LogP contribution in [0.4, 0.5) is 0 Å². The van der Waals surface area contributed by atoms with Crippen molar-refractivity contribution in [3.8, 4) is 0 Å². The maximum atomic E-state index is 5.64. The van der Waals surface area contributed by atoms with E-state index in [2.05, 4.69) is 11.8 Å². The first kappa shape index (κ1) is 10.7. The van der Waals surface area contributed by atoms with Gasteiger partial charge in [-0.15, -0.1) is 0 Å². The highest BCUT2D eigenvalue weighted by Crippen LogP contribution is 2.22. The second kappa shape index (κ2) is 4.79. The van der Waals surface area contributed by atoms with Crippen LogP contribution >= 0.6 is 0 Å². The zero-order valence-corrected chi connectivity index (χ0v) is 9.11. The van der Waals surface area contributed by atoms with Crippen LogP contribution in [0.2, 0.25) is 0 Å². The molecule has 1 saturated heterocycles. The molecule has 0 aliphatic carbocycles. The minimum Gasteiger partial charge on any atom is -0.463 e. The quantitative estimate of drug-likeness (QED) is 0.812. The van der Waals surface area contributed by atoms with E-state index in [0.29, 0.717) is 12.6 Å². The summed E-state index contributed by atoms with van der Waals surface area (Å²) in [5.74, 6) is 1.85. The van der Waals surface area contributed by atoms with Gasteiger partial charge in [-0.3, -0.25) is 4.90 Å². The number of furan rings is 1. The molecule has 0 spiro atoms. The van der Waals surface area contributed by atoms with E-state index >= 15 is 0 Å². The monoisotopic (exact) mass is 210 g/mol. The average Bonchev–Trinajstić information content (AvgIpc) is 2.78. The molecule has 1 aliphatic rings. The van der Waals surface area contributed by atoms with E-state index < -0.39 is 0 Å². The summed E-state index contributed by atoms with van der Waals surface area (Å²) in [4.78, 5) is 2.36. The second-order valence-corrected chi connectivity index (χ2v) is 3.83. The summed E-state index contributed by atoms with van der Waals surface area (Å²) in [6.07, 6.45) is 0. The molecular formula is C11H18N2O2. The van der Waals surface area contributed by atoms with E-state index in [9.17, 15) is 0 Å². The van der Waals surface area contributed by atoms with Crippen LogP contribution in [0.3, 0.4) is 0 Å². The van der Waals surface area contributed by atoms with Gasteiger partial charge in [-0.1, -0.05) is 0 Å².